The van der Waals surface area contributed by atoms with Crippen molar-refractivity contribution in [2.24, 2.45) is 5.73 Å². The van der Waals surface area contributed by atoms with Crippen molar-refractivity contribution in [2.45, 2.75) is 24.7 Å². The summed E-state index contributed by atoms with van der Waals surface area (Å²) >= 11 is 0. The maximum absolute atomic E-state index is 11.8. The molecular formula is C12H19N3O3PbS. The van der Waals surface area contributed by atoms with Gasteiger partial charge in [0.1, 0.15) is 0 Å². The topological polar surface area (TPSA) is 113 Å². The average molecular weight is 493 g/mol. The Kier molecular flexibility index (Phi) is 6.81. The van der Waals surface area contributed by atoms with Gasteiger partial charge in [-0.2, -0.15) is 0 Å². The second-order valence-corrected chi connectivity index (χ2v) is 6.53. The average Bonchev–Trinajstić information content (AvgIpc) is 2.25. The number of carbonyl (C=O) groups is 1. The summed E-state index contributed by atoms with van der Waals surface area (Å²) in [6, 6.07) is 4.43. The molecule has 1 aromatic rings. The number of guanidine groups is 1. The first-order chi connectivity index (χ1) is 8.62. The number of sulfone groups is 1. The Balaban J connectivity index is 0.00000361. The van der Waals surface area contributed by atoms with Crippen LogP contribution in [0, 0.1) is 5.41 Å². The van der Waals surface area contributed by atoms with Crippen LogP contribution in [-0.4, -0.2) is 53.8 Å². The molecule has 0 aliphatic heterocycles. The summed E-state index contributed by atoms with van der Waals surface area (Å²) in [6.07, 6.45) is 1.10. The van der Waals surface area contributed by atoms with Crippen LogP contribution in [-0.2, 0) is 9.84 Å². The van der Waals surface area contributed by atoms with E-state index in [2.05, 4.69) is 5.32 Å². The molecule has 0 aliphatic rings. The quantitative estimate of drug-likeness (QED) is 0.311. The standard InChI is InChI=1S/C12H17N3O3S.Pb.2H/c1-7(2)9-5-4-8(11(16)15-12(13)14)6-10(9)19(3,17)18;;;/h4-7H,1-3H3,(H4,13,14,15,16);;;. The van der Waals surface area contributed by atoms with E-state index in [-0.39, 0.29) is 43.7 Å². The summed E-state index contributed by atoms with van der Waals surface area (Å²) < 4.78 is 23.5. The van der Waals surface area contributed by atoms with Gasteiger partial charge in [0.25, 0.3) is 5.91 Å². The van der Waals surface area contributed by atoms with Crippen molar-refractivity contribution < 1.29 is 13.2 Å². The van der Waals surface area contributed by atoms with E-state index in [1.54, 1.807) is 6.07 Å². The molecule has 0 aromatic heterocycles. The van der Waals surface area contributed by atoms with E-state index in [4.69, 9.17) is 11.1 Å². The van der Waals surface area contributed by atoms with E-state index >= 15 is 0 Å². The summed E-state index contributed by atoms with van der Waals surface area (Å²) in [5.41, 5.74) is 5.87. The van der Waals surface area contributed by atoms with Crippen LogP contribution in [0.3, 0.4) is 0 Å². The molecule has 0 heterocycles. The van der Waals surface area contributed by atoms with Gasteiger partial charge in [-0.15, -0.1) is 0 Å². The summed E-state index contributed by atoms with van der Waals surface area (Å²) in [7, 11) is -3.43. The first kappa shape index (κ1) is 19.0. The Bertz CT molecular complexity index is 627. The summed E-state index contributed by atoms with van der Waals surface area (Å²) in [6.45, 7) is 3.75. The number of hydrogen-bond donors (Lipinski definition) is 3. The van der Waals surface area contributed by atoms with Crippen molar-refractivity contribution in [2.75, 3.05) is 6.26 Å². The minimum atomic E-state index is -3.43. The van der Waals surface area contributed by atoms with Gasteiger partial charge in [0, 0.05) is 11.8 Å². The monoisotopic (exact) mass is 493 g/mol. The zero-order valence-corrected chi connectivity index (χ0v) is 18.0. The molecule has 4 N–H and O–H groups in total. The van der Waals surface area contributed by atoms with Crippen molar-refractivity contribution >= 4 is 49.0 Å². The van der Waals surface area contributed by atoms with Crippen molar-refractivity contribution in [1.82, 2.24) is 5.32 Å². The number of amides is 1. The van der Waals surface area contributed by atoms with Crippen LogP contribution in [0.5, 0.6) is 0 Å². The third kappa shape index (κ3) is 4.85. The molecule has 0 atom stereocenters. The SMILES string of the molecule is CC(C)c1ccc(C(=O)NC(=N)N)cc1S(C)(=O)=O.[PbH2]. The molecule has 110 valence electrons. The maximum atomic E-state index is 11.8. The van der Waals surface area contributed by atoms with Crippen LogP contribution in [0.25, 0.3) is 0 Å². The molecule has 0 aliphatic carbocycles. The van der Waals surface area contributed by atoms with Gasteiger partial charge >= 0.3 is 27.3 Å². The molecule has 8 heteroatoms. The van der Waals surface area contributed by atoms with Crippen molar-refractivity contribution in [1.29, 1.82) is 5.41 Å². The fourth-order valence-corrected chi connectivity index (χ4v) is 2.74. The molecular weight excluding hydrogens is 473 g/mol. The van der Waals surface area contributed by atoms with Crippen molar-refractivity contribution in [3.63, 3.8) is 0 Å². The van der Waals surface area contributed by atoms with Crippen LogP contribution in [0.4, 0.5) is 0 Å². The van der Waals surface area contributed by atoms with Crippen molar-refractivity contribution in [3.05, 3.63) is 29.3 Å². The Morgan fingerprint density at radius 1 is 1.35 bits per heavy atom. The minimum absolute atomic E-state index is 0. The molecule has 1 aromatic carbocycles. The van der Waals surface area contributed by atoms with E-state index < -0.39 is 21.7 Å². The second kappa shape index (κ2) is 7.16. The number of hydrogen-bond acceptors (Lipinski definition) is 4. The van der Waals surface area contributed by atoms with Gasteiger partial charge < -0.3 is 5.73 Å². The molecule has 1 rings (SSSR count). The Labute approximate surface area is 138 Å². The van der Waals surface area contributed by atoms with Gasteiger partial charge in [-0.1, -0.05) is 19.9 Å². The Morgan fingerprint density at radius 2 is 1.90 bits per heavy atom. The fraction of sp³-hybridized carbons (Fsp3) is 0.333. The van der Waals surface area contributed by atoms with E-state index in [0.717, 1.165) is 6.26 Å². The van der Waals surface area contributed by atoms with Crippen LogP contribution in [0.2, 0.25) is 0 Å². The van der Waals surface area contributed by atoms with Crippen molar-refractivity contribution in [3.8, 4) is 0 Å². The van der Waals surface area contributed by atoms with E-state index in [1.807, 2.05) is 13.8 Å². The molecule has 0 saturated carbocycles. The third-order valence-electron chi connectivity index (χ3n) is 2.55. The molecule has 0 bridgehead atoms. The van der Waals surface area contributed by atoms with Crippen LogP contribution >= 0.6 is 0 Å². The predicted octanol–water partition coefficient (Wildman–Crippen LogP) is -0.0794. The molecule has 6 nitrogen and oxygen atoms in total. The fourth-order valence-electron chi connectivity index (χ4n) is 1.67. The van der Waals surface area contributed by atoms with Gasteiger partial charge in [-0.25, -0.2) is 8.42 Å². The molecule has 0 spiro atoms. The van der Waals surface area contributed by atoms with Crippen LogP contribution < -0.4 is 11.1 Å². The van der Waals surface area contributed by atoms with Gasteiger partial charge in [-0.05, 0) is 23.6 Å². The van der Waals surface area contributed by atoms with Crippen LogP contribution in [0.15, 0.2) is 23.1 Å². The number of nitrogens with one attached hydrogen (secondary N) is 2. The third-order valence-corrected chi connectivity index (χ3v) is 3.70. The normalized spacial score (nSPS) is 10.8. The number of nitrogens with two attached hydrogens (primary N) is 1. The van der Waals surface area contributed by atoms with Crippen LogP contribution in [0.1, 0.15) is 35.7 Å². The summed E-state index contributed by atoms with van der Waals surface area (Å²) in [5, 5.41) is 9.10. The zero-order chi connectivity index (χ0) is 14.8. The van der Waals surface area contributed by atoms with Gasteiger partial charge in [0.05, 0.1) is 4.90 Å². The van der Waals surface area contributed by atoms with E-state index in [1.165, 1.54) is 12.1 Å². The number of benzene rings is 1. The predicted molar refractivity (Wildman–Crippen MR) is 81.6 cm³/mol. The summed E-state index contributed by atoms with van der Waals surface area (Å²) in [4.78, 5) is 11.8. The Morgan fingerprint density at radius 3 is 2.30 bits per heavy atom. The number of carbonyl (C=O) groups excluding carboxylic acids is 1. The summed E-state index contributed by atoms with van der Waals surface area (Å²) in [5.74, 6) is -1.07. The first-order valence-corrected chi connectivity index (χ1v) is 7.51. The number of rotatable bonds is 3. The van der Waals surface area contributed by atoms with E-state index in [0.29, 0.717) is 5.56 Å². The Hall–Kier alpha value is -0.968. The molecule has 2 radical (unpaired) electrons. The van der Waals surface area contributed by atoms with E-state index in [9.17, 15) is 13.2 Å². The molecule has 0 unspecified atom stereocenters. The molecule has 1 amide bonds. The van der Waals surface area contributed by atoms with Gasteiger partial charge in [0.15, 0.2) is 15.8 Å². The van der Waals surface area contributed by atoms with Gasteiger partial charge in [0.2, 0.25) is 0 Å². The molecule has 0 saturated heterocycles. The zero-order valence-electron chi connectivity index (χ0n) is 11.7. The molecule has 0 fully saturated rings. The first-order valence-electron chi connectivity index (χ1n) is 5.62. The molecule has 20 heavy (non-hydrogen) atoms. The second-order valence-electron chi connectivity index (χ2n) is 4.55. The van der Waals surface area contributed by atoms with Gasteiger partial charge in [-0.3, -0.25) is 15.5 Å².